The van der Waals surface area contributed by atoms with E-state index in [2.05, 4.69) is 0 Å². The minimum atomic E-state index is -0.915. The van der Waals surface area contributed by atoms with E-state index in [1.807, 2.05) is 27.7 Å². The zero-order valence-electron chi connectivity index (χ0n) is 12.2. The van der Waals surface area contributed by atoms with Crippen LogP contribution in [0.5, 0.6) is 5.75 Å². The molecule has 0 amide bonds. The molecule has 1 rings (SSSR count). The highest BCUT2D eigenvalue weighted by Gasteiger charge is 2.19. The molecule has 0 saturated carbocycles. The predicted molar refractivity (Wildman–Crippen MR) is 74.1 cm³/mol. The van der Waals surface area contributed by atoms with Crippen LogP contribution in [-0.4, -0.2) is 25.0 Å². The molecule has 0 atom stereocenters. The zero-order chi connectivity index (χ0) is 14.6. The first-order valence-corrected chi connectivity index (χ1v) is 6.41. The molecule has 0 unspecified atom stereocenters. The van der Waals surface area contributed by atoms with Crippen LogP contribution in [0.25, 0.3) is 0 Å². The van der Waals surface area contributed by atoms with Crippen molar-refractivity contribution < 1.29 is 19.4 Å². The van der Waals surface area contributed by atoms with E-state index in [1.54, 1.807) is 19.2 Å². The lowest BCUT2D eigenvalue weighted by atomic mass is 9.91. The van der Waals surface area contributed by atoms with Crippen molar-refractivity contribution in [3.8, 4) is 5.75 Å². The van der Waals surface area contributed by atoms with Crippen molar-refractivity contribution >= 4 is 5.97 Å². The van der Waals surface area contributed by atoms with Crippen LogP contribution in [0.3, 0.4) is 0 Å². The van der Waals surface area contributed by atoms with E-state index in [-0.39, 0.29) is 18.6 Å². The molecule has 1 aromatic rings. The van der Waals surface area contributed by atoms with Gasteiger partial charge in [-0.05, 0) is 35.1 Å². The van der Waals surface area contributed by atoms with Gasteiger partial charge in [0.15, 0.2) is 6.79 Å². The van der Waals surface area contributed by atoms with Crippen molar-refractivity contribution in [2.24, 2.45) is 0 Å². The maximum atomic E-state index is 11.2. The second kappa shape index (κ2) is 6.57. The van der Waals surface area contributed by atoms with Crippen LogP contribution in [0.1, 0.15) is 61.0 Å². The number of carboxylic acids is 1. The molecule has 0 heterocycles. The Morgan fingerprint density at radius 3 is 1.95 bits per heavy atom. The van der Waals surface area contributed by atoms with Gasteiger partial charge in [0.1, 0.15) is 5.75 Å². The number of benzene rings is 1. The zero-order valence-corrected chi connectivity index (χ0v) is 12.2. The second-order valence-electron chi connectivity index (χ2n) is 5.15. The number of carboxylic acid groups (broad SMARTS) is 1. The van der Waals surface area contributed by atoms with Gasteiger partial charge in [-0.2, -0.15) is 0 Å². The molecular weight excluding hydrogens is 244 g/mol. The molecule has 0 spiro atoms. The molecule has 0 aromatic heterocycles. The Bertz CT molecular complexity index is 420. The summed E-state index contributed by atoms with van der Waals surface area (Å²) in [5.41, 5.74) is 2.11. The van der Waals surface area contributed by atoms with Crippen molar-refractivity contribution in [1.82, 2.24) is 0 Å². The molecule has 19 heavy (non-hydrogen) atoms. The highest BCUT2D eigenvalue weighted by atomic mass is 16.7. The normalized spacial score (nSPS) is 11.1. The summed E-state index contributed by atoms with van der Waals surface area (Å²) in [7, 11) is 1.57. The minimum absolute atomic E-state index is 0.159. The second-order valence-corrected chi connectivity index (χ2v) is 5.15. The van der Waals surface area contributed by atoms with Crippen LogP contribution in [-0.2, 0) is 4.74 Å². The first-order valence-electron chi connectivity index (χ1n) is 6.41. The van der Waals surface area contributed by atoms with Crippen molar-refractivity contribution in [3.63, 3.8) is 0 Å². The maximum absolute atomic E-state index is 11.2. The van der Waals surface area contributed by atoms with Gasteiger partial charge in [-0.1, -0.05) is 27.7 Å². The predicted octanol–water partition coefficient (Wildman–Crippen LogP) is 3.61. The van der Waals surface area contributed by atoms with Gasteiger partial charge in [-0.15, -0.1) is 0 Å². The summed E-state index contributed by atoms with van der Waals surface area (Å²) in [6.07, 6.45) is 0. The van der Waals surface area contributed by atoms with Crippen molar-refractivity contribution in [3.05, 3.63) is 28.8 Å². The van der Waals surface area contributed by atoms with Gasteiger partial charge in [-0.25, -0.2) is 4.79 Å². The summed E-state index contributed by atoms with van der Waals surface area (Å²) >= 11 is 0. The summed E-state index contributed by atoms with van der Waals surface area (Å²) in [6.45, 7) is 8.23. The van der Waals surface area contributed by atoms with Crippen LogP contribution in [0.2, 0.25) is 0 Å². The molecule has 4 heteroatoms. The lowest BCUT2D eigenvalue weighted by Crippen LogP contribution is -2.09. The SMILES string of the molecule is COCOc1c(C(C)C)cc(C(=O)O)cc1C(C)C. The van der Waals surface area contributed by atoms with Crippen LogP contribution in [0.15, 0.2) is 12.1 Å². The largest absolute Gasteiger partial charge is 0.478 e. The number of carbonyl (C=O) groups is 1. The van der Waals surface area contributed by atoms with Gasteiger partial charge in [-0.3, -0.25) is 0 Å². The van der Waals surface area contributed by atoms with E-state index in [4.69, 9.17) is 9.47 Å². The van der Waals surface area contributed by atoms with E-state index in [0.29, 0.717) is 5.56 Å². The third kappa shape index (κ3) is 3.70. The van der Waals surface area contributed by atoms with E-state index >= 15 is 0 Å². The molecule has 1 N–H and O–H groups in total. The van der Waals surface area contributed by atoms with E-state index in [1.165, 1.54) is 0 Å². The highest BCUT2D eigenvalue weighted by molar-refractivity contribution is 5.88. The molecule has 0 saturated heterocycles. The van der Waals surface area contributed by atoms with Crippen LogP contribution in [0, 0.1) is 0 Å². The van der Waals surface area contributed by atoms with Crippen molar-refractivity contribution in [2.75, 3.05) is 13.9 Å². The van der Waals surface area contributed by atoms with E-state index < -0.39 is 5.97 Å². The van der Waals surface area contributed by atoms with Gasteiger partial charge in [0.2, 0.25) is 0 Å². The minimum Gasteiger partial charge on any atom is -0.478 e. The Hall–Kier alpha value is -1.55. The maximum Gasteiger partial charge on any atom is 0.335 e. The Morgan fingerprint density at radius 1 is 1.16 bits per heavy atom. The van der Waals surface area contributed by atoms with Crippen molar-refractivity contribution in [2.45, 2.75) is 39.5 Å². The fourth-order valence-corrected chi connectivity index (χ4v) is 1.94. The van der Waals surface area contributed by atoms with E-state index in [0.717, 1.165) is 16.9 Å². The summed E-state index contributed by atoms with van der Waals surface area (Å²) in [5.74, 6) is 0.200. The fourth-order valence-electron chi connectivity index (χ4n) is 1.94. The Morgan fingerprint density at radius 2 is 1.63 bits per heavy atom. The molecule has 1 aromatic carbocycles. The Balaban J connectivity index is 3.41. The highest BCUT2D eigenvalue weighted by Crippen LogP contribution is 2.36. The number of hydrogen-bond donors (Lipinski definition) is 1. The van der Waals surface area contributed by atoms with Gasteiger partial charge in [0.25, 0.3) is 0 Å². The lowest BCUT2D eigenvalue weighted by Gasteiger charge is -2.20. The van der Waals surface area contributed by atoms with Crippen LogP contribution >= 0.6 is 0 Å². The first kappa shape index (κ1) is 15.5. The molecule has 0 fully saturated rings. The van der Waals surface area contributed by atoms with Crippen LogP contribution in [0.4, 0.5) is 0 Å². The monoisotopic (exact) mass is 266 g/mol. The van der Waals surface area contributed by atoms with Gasteiger partial charge >= 0.3 is 5.97 Å². The van der Waals surface area contributed by atoms with Gasteiger partial charge < -0.3 is 14.6 Å². The lowest BCUT2D eigenvalue weighted by molar-refractivity contribution is 0.0493. The summed E-state index contributed by atoms with van der Waals surface area (Å²) < 4.78 is 10.6. The van der Waals surface area contributed by atoms with Gasteiger partial charge in [0.05, 0.1) is 5.56 Å². The molecular formula is C15H22O4. The third-order valence-electron chi connectivity index (χ3n) is 2.96. The standard InChI is InChI=1S/C15H22O4/c1-9(2)12-6-11(15(16)17)7-13(10(3)4)14(12)19-8-18-5/h6-7,9-10H,8H2,1-5H3,(H,16,17). The number of ether oxygens (including phenoxy) is 2. The third-order valence-corrected chi connectivity index (χ3v) is 2.96. The average Bonchev–Trinajstić information content (AvgIpc) is 2.34. The van der Waals surface area contributed by atoms with Crippen molar-refractivity contribution in [1.29, 1.82) is 0 Å². The number of aromatic carboxylic acids is 1. The average molecular weight is 266 g/mol. The summed E-state index contributed by atoms with van der Waals surface area (Å²) in [5, 5.41) is 9.20. The smallest absolute Gasteiger partial charge is 0.335 e. The molecule has 4 nitrogen and oxygen atoms in total. The fraction of sp³-hybridized carbons (Fsp3) is 0.533. The summed E-state index contributed by atoms with van der Waals surface area (Å²) in [4.78, 5) is 11.2. The number of rotatable bonds is 6. The Labute approximate surface area is 114 Å². The molecule has 0 aliphatic carbocycles. The summed E-state index contributed by atoms with van der Waals surface area (Å²) in [6, 6.07) is 3.37. The van der Waals surface area contributed by atoms with E-state index in [9.17, 15) is 9.90 Å². The number of hydrogen-bond acceptors (Lipinski definition) is 3. The number of methoxy groups -OCH3 is 1. The quantitative estimate of drug-likeness (QED) is 0.799. The molecule has 0 aliphatic heterocycles. The molecule has 106 valence electrons. The molecule has 0 aliphatic rings. The topological polar surface area (TPSA) is 55.8 Å². The first-order chi connectivity index (χ1) is 8.88. The van der Waals surface area contributed by atoms with Gasteiger partial charge in [0, 0.05) is 7.11 Å². The molecule has 0 bridgehead atoms. The van der Waals surface area contributed by atoms with Crippen LogP contribution < -0.4 is 4.74 Å². The Kier molecular flexibility index (Phi) is 5.36. The molecule has 0 radical (unpaired) electrons.